The molecule has 2 unspecified atom stereocenters. The van der Waals surface area contributed by atoms with E-state index in [1.54, 1.807) is 27.7 Å². The maximum atomic E-state index is 14.2. The lowest BCUT2D eigenvalue weighted by Gasteiger charge is -2.57. The normalized spacial score (nSPS) is 23.9. The Morgan fingerprint density at radius 3 is 1.20 bits per heavy atom. The van der Waals surface area contributed by atoms with Crippen LogP contribution in [-0.2, 0) is 111 Å². The number of halogens is 10. The molecular formula is C81H112F10O25S6. The molecule has 13 rings (SSSR count). The Hall–Kier alpha value is -5.79. The molecule has 8 bridgehead atoms. The molecule has 2 atom stereocenters. The van der Waals surface area contributed by atoms with Gasteiger partial charge in [-0.1, -0.05) is 133 Å². The van der Waals surface area contributed by atoms with Crippen molar-refractivity contribution < 1.29 is 155 Å². The van der Waals surface area contributed by atoms with Gasteiger partial charge in [0.15, 0.2) is 0 Å². The standard InChI is InChI=1S/C20H26O7S.C18H30O3S.C16H20F6O5S2.C14H20F2O4S.C13H16F2O6S/c21-19(26-16-7-3-1-4-8-16)14-11-15(13-18(12-14)28(23,24)25)20(22)27-17-9-5-2-6-10-17;1-16(2,3)12-10-13(17(4,5)6)15(22(19,20)21)14(11-12)18(7,8)9;1-9(2)11-6-5-7-12(10(3)4)13(11)8-28(23,24)15(19,20)14(17,18)16(21,22)29(25,26)27;15-14(16,21(18,19)20)12(17)1-2-13-6-9-3-10(7-13)5-11(4-9)8-13;14-13(15,22(18,19)20)11(17)21-6-12-3-7-1-8(4-12)10(16)9(2-7)5-12/h11-13,16-17H,1-10H2,(H,23,24,25);10-11H,1-9H3,(H,19,20,21);5-7,9-10H,8H2,1-4H3,(H,25,26,27);9-11H,1-8H2,(H,18,19,20);7-9H,1-6H2,(H,18,19,20). The van der Waals surface area contributed by atoms with Gasteiger partial charge in [-0.2, -0.15) is 86.0 Å². The van der Waals surface area contributed by atoms with E-state index in [9.17, 15) is 127 Å². The smallest absolute Gasteiger partial charge is 0.460 e. The molecule has 0 aliphatic heterocycles. The average Bonchev–Trinajstić information content (AvgIpc) is 0.715. The Balaban J connectivity index is 0.000000211. The summed E-state index contributed by atoms with van der Waals surface area (Å²) in [7, 11) is -33.8. The number of benzene rings is 3. The van der Waals surface area contributed by atoms with Gasteiger partial charge in [-0.25, -0.2) is 22.8 Å². The Bertz CT molecular complexity index is 4930. The van der Waals surface area contributed by atoms with Gasteiger partial charge in [0, 0.05) is 23.7 Å². The van der Waals surface area contributed by atoms with Crippen LogP contribution in [0.3, 0.4) is 0 Å². The van der Waals surface area contributed by atoms with Crippen LogP contribution in [0.25, 0.3) is 0 Å². The van der Waals surface area contributed by atoms with E-state index in [1.165, 1.54) is 43.5 Å². The number of hydrogen-bond acceptors (Lipinski definition) is 20. The first-order valence-corrected chi connectivity index (χ1v) is 49.1. The summed E-state index contributed by atoms with van der Waals surface area (Å²) >= 11 is 0. The summed E-state index contributed by atoms with van der Waals surface area (Å²) in [5.74, 6) is -12.6. The zero-order valence-corrected chi connectivity index (χ0v) is 75.1. The highest BCUT2D eigenvalue weighted by Gasteiger charge is 2.82. The minimum absolute atomic E-state index is 0.0558. The predicted octanol–water partition coefficient (Wildman–Crippen LogP) is 17.7. The third-order valence-corrected chi connectivity index (χ3v) is 30.4. The first-order valence-electron chi connectivity index (χ1n) is 40.3. The minimum atomic E-state index is -7.05. The predicted molar refractivity (Wildman–Crippen MR) is 427 cm³/mol. The molecule has 0 spiro atoms. The molecule has 10 saturated carbocycles. The highest BCUT2D eigenvalue weighted by Crippen LogP contribution is 2.63. The number of hydrogen-bond donors (Lipinski definition) is 5. The number of carbonyl (C=O) groups excluding carboxylic acids is 5. The molecule has 692 valence electrons. The molecule has 10 aliphatic rings. The molecule has 0 heterocycles. The van der Waals surface area contributed by atoms with Crippen LogP contribution in [-0.4, -0.2) is 149 Å². The summed E-state index contributed by atoms with van der Waals surface area (Å²) in [5.41, 5.74) is 0.997. The van der Waals surface area contributed by atoms with Gasteiger partial charge in [0.25, 0.3) is 20.2 Å². The van der Waals surface area contributed by atoms with E-state index in [0.29, 0.717) is 60.5 Å². The molecule has 3 aromatic carbocycles. The molecule has 0 aromatic heterocycles. The monoisotopic (exact) mass is 1870 g/mol. The molecule has 41 heteroatoms. The molecule has 122 heavy (non-hydrogen) atoms. The quantitative estimate of drug-likeness (QED) is 0.0255. The van der Waals surface area contributed by atoms with Crippen LogP contribution < -0.4 is 0 Å². The number of carbonyl (C=O) groups is 5. The summed E-state index contributed by atoms with van der Waals surface area (Å²) in [6.45, 7) is 24.1. The lowest BCUT2D eigenvalue weighted by atomic mass is 9.48. The van der Waals surface area contributed by atoms with Crippen LogP contribution in [0.2, 0.25) is 0 Å². The van der Waals surface area contributed by atoms with E-state index in [-0.39, 0.29) is 90.8 Å². The van der Waals surface area contributed by atoms with Crippen molar-refractivity contribution in [3.63, 3.8) is 0 Å². The molecule has 0 radical (unpaired) electrons. The molecule has 10 fully saturated rings. The second kappa shape index (κ2) is 37.1. The summed E-state index contributed by atoms with van der Waals surface area (Å²) in [4.78, 5) is 59.4. The van der Waals surface area contributed by atoms with Crippen molar-refractivity contribution in [3.05, 3.63) is 93.0 Å². The van der Waals surface area contributed by atoms with E-state index >= 15 is 0 Å². The number of ketones is 2. The van der Waals surface area contributed by atoms with Crippen LogP contribution in [0.1, 0.15) is 304 Å². The number of Topliss-reactive ketones (excluding diaryl/α,β-unsaturated/α-hetero) is 2. The first-order chi connectivity index (χ1) is 55.2. The summed E-state index contributed by atoms with van der Waals surface area (Å²) in [6, 6.07) is 11.4. The molecule has 0 amide bonds. The topological polar surface area (TPSA) is 419 Å². The van der Waals surface area contributed by atoms with Crippen molar-refractivity contribution in [2.24, 2.45) is 46.3 Å². The Morgan fingerprint density at radius 1 is 0.475 bits per heavy atom. The second-order valence-corrected chi connectivity index (χ2v) is 47.1. The van der Waals surface area contributed by atoms with Crippen molar-refractivity contribution in [2.45, 2.75) is 320 Å². The lowest BCUT2D eigenvalue weighted by molar-refractivity contribution is -0.245. The van der Waals surface area contributed by atoms with Gasteiger partial charge >= 0.3 is 75.2 Å². The third kappa shape index (κ3) is 24.0. The summed E-state index contributed by atoms with van der Waals surface area (Å²) in [6.07, 6.45) is 18.4. The number of alkyl halides is 10. The SMILES string of the molecule is CC(C)(C)c1cc(C(C)(C)C)c(S(=O)(=O)O)c(C(C)(C)C)c1.CC(C)c1cccc(C(C)C)c1CS(=O)(=O)C(F)(F)C(F)(F)C(F)(F)S(=O)(=O)O.O=C(CCC12CC3CC(CC(C3)C1)C2)C(F)(F)S(=O)(=O)O.O=C(OC1CCCCC1)c1cc(C(=O)OC2CCCCC2)cc(S(=O)(=O)O)c1.O=C1C2CC3CC1CC(COC(=O)C(F)(F)S(=O)(=O)O)(C3)C2. The van der Waals surface area contributed by atoms with Crippen LogP contribution in [0.5, 0.6) is 0 Å². The molecule has 10 aliphatic carbocycles. The molecule has 0 saturated heterocycles. The maximum absolute atomic E-state index is 14.2. The molecule has 5 N–H and O–H groups in total. The van der Waals surface area contributed by atoms with Crippen molar-refractivity contribution >= 4 is 89.9 Å². The number of sulfone groups is 1. The van der Waals surface area contributed by atoms with E-state index in [4.69, 9.17) is 23.1 Å². The fourth-order valence-corrected chi connectivity index (χ4v) is 23.1. The van der Waals surface area contributed by atoms with Crippen LogP contribution in [0.4, 0.5) is 43.9 Å². The van der Waals surface area contributed by atoms with E-state index in [0.717, 1.165) is 114 Å². The van der Waals surface area contributed by atoms with Gasteiger partial charge < -0.3 is 14.2 Å². The lowest BCUT2D eigenvalue weighted by Crippen LogP contribution is -2.60. The highest BCUT2D eigenvalue weighted by molar-refractivity contribution is 7.92. The van der Waals surface area contributed by atoms with Crippen LogP contribution in [0, 0.1) is 46.3 Å². The molecule has 25 nitrogen and oxygen atoms in total. The largest absolute Gasteiger partial charge is 0.465 e. The number of rotatable bonds is 23. The van der Waals surface area contributed by atoms with Crippen LogP contribution >= 0.6 is 0 Å². The third-order valence-electron chi connectivity index (χ3n) is 24.3. The second-order valence-electron chi connectivity index (χ2n) is 37.9. The van der Waals surface area contributed by atoms with Crippen LogP contribution in [0.15, 0.2) is 58.3 Å². The zero-order chi connectivity index (χ0) is 92.9. The zero-order valence-electron chi connectivity index (χ0n) is 70.2. The highest BCUT2D eigenvalue weighted by atomic mass is 32.2. The Morgan fingerprint density at radius 2 is 0.861 bits per heavy atom. The average molecular weight is 1870 g/mol. The van der Waals surface area contributed by atoms with Gasteiger partial charge in [0.05, 0.1) is 28.4 Å². The number of esters is 3. The summed E-state index contributed by atoms with van der Waals surface area (Å²) < 4.78 is 330. The maximum Gasteiger partial charge on any atom is 0.465 e. The van der Waals surface area contributed by atoms with E-state index < -0.39 is 145 Å². The Kier molecular flexibility index (Phi) is 31.4. The van der Waals surface area contributed by atoms with Gasteiger partial charge in [-0.3, -0.25) is 32.4 Å². The molecule has 3 aromatic rings. The van der Waals surface area contributed by atoms with Crippen molar-refractivity contribution in [3.8, 4) is 0 Å². The van der Waals surface area contributed by atoms with Crippen molar-refractivity contribution in [1.29, 1.82) is 0 Å². The van der Waals surface area contributed by atoms with E-state index in [2.05, 4.69) is 25.5 Å². The Labute approximate surface area is 707 Å². The van der Waals surface area contributed by atoms with Crippen molar-refractivity contribution in [1.82, 2.24) is 0 Å². The van der Waals surface area contributed by atoms with E-state index in [1.807, 2.05) is 53.7 Å². The molecular weight excluding hydrogens is 1760 g/mol. The van der Waals surface area contributed by atoms with Crippen molar-refractivity contribution in [2.75, 3.05) is 6.61 Å². The fourth-order valence-electron chi connectivity index (χ4n) is 18.7. The summed E-state index contributed by atoms with van der Waals surface area (Å²) in [5, 5.41) is -22.9. The fraction of sp³-hybridized carbons (Fsp3) is 0.716. The van der Waals surface area contributed by atoms with Gasteiger partial charge in [0.1, 0.15) is 22.9 Å². The number of ether oxygens (including phenoxy) is 3. The minimum Gasteiger partial charge on any atom is -0.460 e. The first kappa shape index (κ1) is 103. The van der Waals surface area contributed by atoms with Gasteiger partial charge in [-0.05, 0) is 237 Å². The van der Waals surface area contributed by atoms with Gasteiger partial charge in [0.2, 0.25) is 15.6 Å². The van der Waals surface area contributed by atoms with Gasteiger partial charge in [-0.15, -0.1) is 0 Å².